The van der Waals surface area contributed by atoms with Crippen molar-refractivity contribution in [2.24, 2.45) is 0 Å². The molecule has 4 nitrogen and oxygen atoms in total. The minimum atomic E-state index is 0.212. The Morgan fingerprint density at radius 1 is 1.30 bits per heavy atom. The van der Waals surface area contributed by atoms with Crippen molar-refractivity contribution in [1.29, 1.82) is 0 Å². The number of hydrogen-bond donors (Lipinski definition) is 1. The molecule has 0 aromatic carbocycles. The van der Waals surface area contributed by atoms with Crippen LogP contribution >= 0.6 is 11.3 Å². The average Bonchev–Trinajstić information content (AvgIpc) is 2.87. The lowest BCUT2D eigenvalue weighted by atomic mass is 10.1. The number of aryl methyl sites for hydroxylation is 3. The Balaban J connectivity index is 1.72. The van der Waals surface area contributed by atoms with E-state index >= 15 is 0 Å². The third-order valence-electron chi connectivity index (χ3n) is 4.85. The van der Waals surface area contributed by atoms with E-state index in [0.717, 1.165) is 45.4 Å². The van der Waals surface area contributed by atoms with Crippen LogP contribution in [0.25, 0.3) is 0 Å². The van der Waals surface area contributed by atoms with Crippen molar-refractivity contribution in [3.63, 3.8) is 0 Å². The van der Waals surface area contributed by atoms with E-state index in [2.05, 4.69) is 31.7 Å². The number of hydrogen-bond acceptors (Lipinski definition) is 4. The van der Waals surface area contributed by atoms with E-state index in [1.807, 2.05) is 16.2 Å². The maximum absolute atomic E-state index is 12.4. The SMILES string of the molecule is CCC(CO)N1CCN(C(=O)CCCc2cc(C)sc2C)CC1. The van der Waals surface area contributed by atoms with Crippen LogP contribution in [0.1, 0.15) is 41.5 Å². The van der Waals surface area contributed by atoms with E-state index < -0.39 is 0 Å². The van der Waals surface area contributed by atoms with Gasteiger partial charge in [-0.1, -0.05) is 6.92 Å². The lowest BCUT2D eigenvalue weighted by molar-refractivity contribution is -0.133. The molecular formula is C18H30N2O2S. The molecule has 1 aromatic heterocycles. The fourth-order valence-electron chi connectivity index (χ4n) is 3.36. The number of piperazine rings is 1. The van der Waals surface area contributed by atoms with Crippen LogP contribution < -0.4 is 0 Å². The third-order valence-corrected chi connectivity index (χ3v) is 5.85. The maximum atomic E-state index is 12.4. The molecule has 0 spiro atoms. The monoisotopic (exact) mass is 338 g/mol. The molecule has 1 fully saturated rings. The Labute approximate surface area is 144 Å². The number of nitrogens with zero attached hydrogens (tertiary/aromatic N) is 2. The van der Waals surface area contributed by atoms with Crippen molar-refractivity contribution in [3.8, 4) is 0 Å². The zero-order valence-corrected chi connectivity index (χ0v) is 15.5. The van der Waals surface area contributed by atoms with Gasteiger partial charge in [0.1, 0.15) is 0 Å². The second-order valence-corrected chi connectivity index (χ2v) is 7.91. The van der Waals surface area contributed by atoms with Gasteiger partial charge in [-0.15, -0.1) is 11.3 Å². The van der Waals surface area contributed by atoms with Crippen LogP contribution in [0.3, 0.4) is 0 Å². The molecule has 1 N–H and O–H groups in total. The molecule has 2 heterocycles. The smallest absolute Gasteiger partial charge is 0.222 e. The van der Waals surface area contributed by atoms with Crippen molar-refractivity contribution in [1.82, 2.24) is 9.80 Å². The molecule has 0 radical (unpaired) electrons. The summed E-state index contributed by atoms with van der Waals surface area (Å²) in [7, 11) is 0. The first kappa shape index (κ1) is 18.4. The molecule has 5 heteroatoms. The summed E-state index contributed by atoms with van der Waals surface area (Å²) in [5, 5.41) is 9.38. The van der Waals surface area contributed by atoms with E-state index in [-0.39, 0.29) is 18.6 Å². The van der Waals surface area contributed by atoms with Crippen LogP contribution in [0, 0.1) is 13.8 Å². The molecule has 1 aliphatic rings. The topological polar surface area (TPSA) is 43.8 Å². The number of amides is 1. The van der Waals surface area contributed by atoms with Gasteiger partial charge in [0, 0.05) is 48.4 Å². The van der Waals surface area contributed by atoms with Crippen LogP contribution in [-0.4, -0.2) is 59.6 Å². The molecule has 2 rings (SSSR count). The van der Waals surface area contributed by atoms with E-state index in [9.17, 15) is 9.90 Å². The Morgan fingerprint density at radius 3 is 2.52 bits per heavy atom. The van der Waals surface area contributed by atoms with Gasteiger partial charge >= 0.3 is 0 Å². The molecule has 0 bridgehead atoms. The van der Waals surface area contributed by atoms with Crippen LogP contribution in [0.15, 0.2) is 6.07 Å². The van der Waals surface area contributed by atoms with E-state index in [1.165, 1.54) is 15.3 Å². The fourth-order valence-corrected chi connectivity index (χ4v) is 4.34. The number of rotatable bonds is 7. The number of aliphatic hydroxyl groups is 1. The maximum Gasteiger partial charge on any atom is 0.222 e. The third kappa shape index (κ3) is 5.03. The summed E-state index contributed by atoms with van der Waals surface area (Å²) in [5.41, 5.74) is 1.40. The van der Waals surface area contributed by atoms with Crippen molar-refractivity contribution in [3.05, 3.63) is 21.4 Å². The predicted molar refractivity (Wildman–Crippen MR) is 96.0 cm³/mol. The van der Waals surface area contributed by atoms with Gasteiger partial charge in [0.15, 0.2) is 0 Å². The van der Waals surface area contributed by atoms with Crippen LogP contribution in [0.2, 0.25) is 0 Å². The molecule has 1 saturated heterocycles. The van der Waals surface area contributed by atoms with Crippen molar-refractivity contribution < 1.29 is 9.90 Å². The second-order valence-electron chi connectivity index (χ2n) is 6.45. The highest BCUT2D eigenvalue weighted by molar-refractivity contribution is 7.12. The standard InChI is InChI=1S/C18H30N2O2S/c1-4-17(13-21)19-8-10-20(11-9-19)18(22)7-5-6-16-12-14(2)23-15(16)3/h12,17,21H,4-11,13H2,1-3H3. The highest BCUT2D eigenvalue weighted by atomic mass is 32.1. The molecule has 23 heavy (non-hydrogen) atoms. The number of carbonyl (C=O) groups excluding carboxylic acids is 1. The summed E-state index contributed by atoms with van der Waals surface area (Å²) >= 11 is 1.84. The normalized spacial score (nSPS) is 17.5. The van der Waals surface area contributed by atoms with Crippen LogP contribution in [0.5, 0.6) is 0 Å². The zero-order valence-electron chi connectivity index (χ0n) is 14.7. The first-order chi connectivity index (χ1) is 11.0. The number of aliphatic hydroxyl groups excluding tert-OH is 1. The lowest BCUT2D eigenvalue weighted by Crippen LogP contribution is -2.52. The Morgan fingerprint density at radius 2 is 2.00 bits per heavy atom. The minimum Gasteiger partial charge on any atom is -0.395 e. The summed E-state index contributed by atoms with van der Waals surface area (Å²) in [5.74, 6) is 0.284. The first-order valence-corrected chi connectivity index (χ1v) is 9.55. The summed E-state index contributed by atoms with van der Waals surface area (Å²) in [6, 6.07) is 2.50. The van der Waals surface area contributed by atoms with Gasteiger partial charge in [-0.3, -0.25) is 9.69 Å². The number of carbonyl (C=O) groups is 1. The molecule has 1 amide bonds. The van der Waals surface area contributed by atoms with Crippen molar-refractivity contribution in [2.45, 2.75) is 52.5 Å². The Bertz CT molecular complexity index is 503. The minimum absolute atomic E-state index is 0.212. The molecule has 1 aliphatic heterocycles. The van der Waals surface area contributed by atoms with E-state index in [1.54, 1.807) is 0 Å². The van der Waals surface area contributed by atoms with Gasteiger partial charge in [-0.2, -0.15) is 0 Å². The van der Waals surface area contributed by atoms with Crippen molar-refractivity contribution >= 4 is 17.2 Å². The van der Waals surface area contributed by atoms with Gasteiger partial charge in [0.25, 0.3) is 0 Å². The van der Waals surface area contributed by atoms with E-state index in [0.29, 0.717) is 6.42 Å². The van der Waals surface area contributed by atoms with Gasteiger partial charge in [-0.05, 0) is 44.7 Å². The molecule has 1 atom stereocenters. The highest BCUT2D eigenvalue weighted by Crippen LogP contribution is 2.22. The Kier molecular flexibility index (Phi) is 7.06. The molecule has 130 valence electrons. The quantitative estimate of drug-likeness (QED) is 0.831. The summed E-state index contributed by atoms with van der Waals surface area (Å²) < 4.78 is 0. The van der Waals surface area contributed by atoms with Crippen LogP contribution in [-0.2, 0) is 11.2 Å². The zero-order chi connectivity index (χ0) is 16.8. The van der Waals surface area contributed by atoms with Crippen LogP contribution in [0.4, 0.5) is 0 Å². The Hall–Kier alpha value is -0.910. The number of thiophene rings is 1. The second kappa shape index (κ2) is 8.81. The molecule has 0 aliphatic carbocycles. The van der Waals surface area contributed by atoms with E-state index in [4.69, 9.17) is 0 Å². The predicted octanol–water partition coefficient (Wildman–Crippen LogP) is 2.60. The molecule has 0 saturated carbocycles. The van der Waals surface area contributed by atoms with Gasteiger partial charge in [0.05, 0.1) is 6.61 Å². The van der Waals surface area contributed by atoms with Gasteiger partial charge in [0.2, 0.25) is 5.91 Å². The van der Waals surface area contributed by atoms with Gasteiger partial charge < -0.3 is 10.0 Å². The molecule has 1 aromatic rings. The van der Waals surface area contributed by atoms with Crippen molar-refractivity contribution in [2.75, 3.05) is 32.8 Å². The lowest BCUT2D eigenvalue weighted by Gasteiger charge is -2.38. The first-order valence-electron chi connectivity index (χ1n) is 8.73. The summed E-state index contributed by atoms with van der Waals surface area (Å²) in [4.78, 5) is 19.4. The molecule has 1 unspecified atom stereocenters. The summed E-state index contributed by atoms with van der Waals surface area (Å²) in [6.45, 7) is 9.98. The molecular weight excluding hydrogens is 308 g/mol. The average molecular weight is 339 g/mol. The fraction of sp³-hybridized carbons (Fsp3) is 0.722. The van der Waals surface area contributed by atoms with Gasteiger partial charge in [-0.25, -0.2) is 0 Å². The largest absolute Gasteiger partial charge is 0.395 e. The summed E-state index contributed by atoms with van der Waals surface area (Å²) in [6.07, 6.45) is 3.55. The highest BCUT2D eigenvalue weighted by Gasteiger charge is 2.24.